The smallest absolute Gasteiger partial charge is 0.130 e. The lowest BCUT2D eigenvalue weighted by molar-refractivity contribution is 1.49. The molecule has 0 aromatic rings. The van der Waals surface area contributed by atoms with Crippen LogP contribution in [0.1, 0.15) is 6.92 Å². The van der Waals surface area contributed by atoms with Crippen LogP contribution in [0.2, 0.25) is 0 Å². The number of rotatable bonds is 0. The maximum absolute atomic E-state index is 4.00. The lowest BCUT2D eigenvalue weighted by atomic mass is 10.3. The van der Waals surface area contributed by atoms with Gasteiger partial charge in [0.1, 0.15) is 6.08 Å². The first-order valence-electron chi connectivity index (χ1n) is 2.29. The molecule has 1 aliphatic rings. The van der Waals surface area contributed by atoms with E-state index in [0.29, 0.717) is 0 Å². The van der Waals surface area contributed by atoms with Crippen LogP contribution < -0.4 is 0 Å². The highest BCUT2D eigenvalue weighted by Gasteiger charge is 2.01. The summed E-state index contributed by atoms with van der Waals surface area (Å²) in [7, 11) is 0. The van der Waals surface area contributed by atoms with Crippen molar-refractivity contribution in [3.8, 4) is 0 Å². The molecule has 0 saturated heterocycles. The van der Waals surface area contributed by atoms with E-state index in [1.54, 1.807) is 6.20 Å². The van der Waals surface area contributed by atoms with Crippen molar-refractivity contribution in [3.63, 3.8) is 0 Å². The molecule has 1 aliphatic heterocycles. The standard InChI is InChI=1S/C6H5BrN/c1-5-2-3-6(7)4-8-5/h2,4H,1H3/q+1. The first kappa shape index (κ1) is 5.67. The molecule has 0 atom stereocenters. The van der Waals surface area contributed by atoms with Crippen LogP contribution in [-0.4, -0.2) is 5.71 Å². The second-order valence-corrected chi connectivity index (χ2v) is 2.39. The maximum atomic E-state index is 4.00. The highest BCUT2D eigenvalue weighted by Crippen LogP contribution is 2.08. The van der Waals surface area contributed by atoms with Crippen molar-refractivity contribution in [2.45, 2.75) is 6.92 Å². The van der Waals surface area contributed by atoms with E-state index in [0.717, 1.165) is 10.2 Å². The molecule has 0 aromatic carbocycles. The number of halogens is 1. The van der Waals surface area contributed by atoms with Gasteiger partial charge >= 0.3 is 0 Å². The van der Waals surface area contributed by atoms with Gasteiger partial charge in [-0.05, 0) is 15.9 Å². The molecule has 1 heterocycles. The summed E-state index contributed by atoms with van der Waals surface area (Å²) < 4.78 is 0.906. The van der Waals surface area contributed by atoms with Gasteiger partial charge in [0.05, 0.1) is 6.08 Å². The predicted octanol–water partition coefficient (Wildman–Crippen LogP) is 2.06. The zero-order valence-corrected chi connectivity index (χ0v) is 6.07. The van der Waals surface area contributed by atoms with Crippen LogP contribution in [0.15, 0.2) is 21.8 Å². The number of hydrogen-bond donors (Lipinski definition) is 0. The Kier molecular flexibility index (Phi) is 1.56. The van der Waals surface area contributed by atoms with Crippen molar-refractivity contribution in [3.05, 3.63) is 22.8 Å². The van der Waals surface area contributed by atoms with Gasteiger partial charge in [0.2, 0.25) is 0 Å². The third-order valence-corrected chi connectivity index (χ3v) is 1.23. The summed E-state index contributed by atoms with van der Waals surface area (Å²) in [6.45, 7) is 1.93. The largest absolute Gasteiger partial charge is 0.199 e. The lowest BCUT2D eigenvalue weighted by Gasteiger charge is -1.81. The summed E-state index contributed by atoms with van der Waals surface area (Å²) >= 11 is 3.23. The van der Waals surface area contributed by atoms with Gasteiger partial charge in [0.25, 0.3) is 0 Å². The average molecular weight is 171 g/mol. The van der Waals surface area contributed by atoms with Crippen molar-refractivity contribution >= 4 is 21.6 Å². The molecular weight excluding hydrogens is 166 g/mol. The summed E-state index contributed by atoms with van der Waals surface area (Å²) in [5, 5.41) is 0. The van der Waals surface area contributed by atoms with Crippen LogP contribution in [0.4, 0.5) is 0 Å². The first-order valence-corrected chi connectivity index (χ1v) is 3.08. The first-order chi connectivity index (χ1) is 3.79. The van der Waals surface area contributed by atoms with Gasteiger partial charge in [0.15, 0.2) is 16.4 Å². The zero-order valence-electron chi connectivity index (χ0n) is 4.48. The van der Waals surface area contributed by atoms with Crippen molar-refractivity contribution in [2.75, 3.05) is 0 Å². The molecule has 0 N–H and O–H groups in total. The second-order valence-electron chi connectivity index (χ2n) is 1.54. The fraction of sp³-hybridized carbons (Fsp3) is 0.167. The zero-order chi connectivity index (χ0) is 5.98. The molecule has 1 nitrogen and oxygen atoms in total. The van der Waals surface area contributed by atoms with Crippen molar-refractivity contribution in [1.29, 1.82) is 0 Å². The maximum Gasteiger partial charge on any atom is 0.199 e. The van der Waals surface area contributed by atoms with E-state index >= 15 is 0 Å². The van der Waals surface area contributed by atoms with Gasteiger partial charge in [-0.25, -0.2) is 0 Å². The Hall–Kier alpha value is -0.460. The van der Waals surface area contributed by atoms with Gasteiger partial charge < -0.3 is 0 Å². The number of allylic oxidation sites excluding steroid dienone is 3. The Bertz CT molecular complexity index is 157. The molecule has 0 fully saturated rings. The molecule has 0 aromatic heterocycles. The van der Waals surface area contributed by atoms with E-state index in [-0.39, 0.29) is 0 Å². The SMILES string of the molecule is CC1=NC=C(Br)[C+]=C1. The quantitative estimate of drug-likeness (QED) is 0.494. The summed E-state index contributed by atoms with van der Waals surface area (Å²) in [6, 6.07) is 0. The summed E-state index contributed by atoms with van der Waals surface area (Å²) in [5.41, 5.74) is 0.994. The molecule has 0 unspecified atom stereocenters. The molecular formula is C6H5BrN+. The van der Waals surface area contributed by atoms with Crippen LogP contribution in [0.25, 0.3) is 0 Å². The molecule has 1 rings (SSSR count). The molecule has 0 bridgehead atoms. The number of aliphatic imine (C=N–C) groups is 1. The number of nitrogens with zero attached hydrogens (tertiary/aromatic N) is 1. The Labute approximate surface area is 56.9 Å². The molecule has 0 aliphatic carbocycles. The summed E-state index contributed by atoms with van der Waals surface area (Å²) in [6.07, 6.45) is 6.52. The fourth-order valence-electron chi connectivity index (χ4n) is 0.406. The van der Waals surface area contributed by atoms with E-state index in [9.17, 15) is 0 Å². The molecule has 40 valence electrons. The Morgan fingerprint density at radius 1 is 1.75 bits per heavy atom. The normalized spacial score (nSPS) is 16.8. The van der Waals surface area contributed by atoms with Crippen LogP contribution in [-0.2, 0) is 0 Å². The molecule has 8 heavy (non-hydrogen) atoms. The molecule has 0 amide bonds. The number of hydrogen-bond acceptors (Lipinski definition) is 1. The van der Waals surface area contributed by atoms with E-state index < -0.39 is 0 Å². The van der Waals surface area contributed by atoms with Crippen LogP contribution in [0.3, 0.4) is 0 Å². The van der Waals surface area contributed by atoms with Gasteiger partial charge in [-0.2, -0.15) is 0 Å². The minimum absolute atomic E-state index is 0.906. The van der Waals surface area contributed by atoms with E-state index in [2.05, 4.69) is 27.0 Å². The summed E-state index contributed by atoms with van der Waals surface area (Å²) in [4.78, 5) is 4.00. The highest BCUT2D eigenvalue weighted by atomic mass is 79.9. The van der Waals surface area contributed by atoms with Gasteiger partial charge in [-0.1, -0.05) is 0 Å². The average Bonchev–Trinajstić information content (AvgIpc) is 1.77. The molecule has 0 saturated carbocycles. The highest BCUT2D eigenvalue weighted by molar-refractivity contribution is 9.11. The Balaban J connectivity index is 2.86. The van der Waals surface area contributed by atoms with Gasteiger partial charge in [-0.15, -0.1) is 4.99 Å². The van der Waals surface area contributed by atoms with E-state index in [4.69, 9.17) is 0 Å². The second kappa shape index (κ2) is 2.21. The topological polar surface area (TPSA) is 12.4 Å². The van der Waals surface area contributed by atoms with E-state index in [1.807, 2.05) is 13.0 Å². The van der Waals surface area contributed by atoms with Crippen molar-refractivity contribution < 1.29 is 0 Å². The Morgan fingerprint density at radius 3 is 2.88 bits per heavy atom. The predicted molar refractivity (Wildman–Crippen MR) is 37.9 cm³/mol. The minimum atomic E-state index is 0.906. The minimum Gasteiger partial charge on any atom is -0.130 e. The lowest BCUT2D eigenvalue weighted by Crippen LogP contribution is -1.86. The van der Waals surface area contributed by atoms with Crippen LogP contribution in [0, 0.1) is 6.08 Å². The molecule has 2 heteroatoms. The van der Waals surface area contributed by atoms with E-state index in [1.165, 1.54) is 0 Å². The van der Waals surface area contributed by atoms with Gasteiger partial charge in [0, 0.05) is 6.92 Å². The monoisotopic (exact) mass is 170 g/mol. The third-order valence-electron chi connectivity index (χ3n) is 0.800. The van der Waals surface area contributed by atoms with Crippen LogP contribution >= 0.6 is 15.9 Å². The van der Waals surface area contributed by atoms with Crippen molar-refractivity contribution in [1.82, 2.24) is 0 Å². The van der Waals surface area contributed by atoms with Gasteiger partial charge in [-0.3, -0.25) is 0 Å². The van der Waals surface area contributed by atoms with Crippen LogP contribution in [0.5, 0.6) is 0 Å². The summed E-state index contributed by atoms with van der Waals surface area (Å²) in [5.74, 6) is 0. The fourth-order valence-corrected chi connectivity index (χ4v) is 0.623. The van der Waals surface area contributed by atoms with Crippen molar-refractivity contribution in [2.24, 2.45) is 4.99 Å². The Morgan fingerprint density at radius 2 is 2.50 bits per heavy atom. The third kappa shape index (κ3) is 1.25. The molecule has 0 spiro atoms. The molecule has 0 radical (unpaired) electrons.